The normalized spacial score (nSPS) is 59.0. The second-order valence-electron chi connectivity index (χ2n) is 7.02. The van der Waals surface area contributed by atoms with Gasteiger partial charge in [-0.3, -0.25) is 0 Å². The largest absolute Gasteiger partial charge is 0.458 e. The fourth-order valence-corrected chi connectivity index (χ4v) is 4.90. The Bertz CT molecular complexity index is 483. The van der Waals surface area contributed by atoms with Gasteiger partial charge in [0.25, 0.3) is 0 Å². The SMILES string of the molecule is C=C1C(=O)O[C@@H]2C[C@H](C)[C@]34O[C@H]3C[C@](C)(O)C4C[C@H]12. The Morgan fingerprint density at radius 2 is 2.16 bits per heavy atom. The average molecular weight is 264 g/mol. The fourth-order valence-electron chi connectivity index (χ4n) is 4.90. The highest BCUT2D eigenvalue weighted by Crippen LogP contribution is 2.66. The van der Waals surface area contributed by atoms with Crippen LogP contribution in [0, 0.1) is 17.8 Å². The van der Waals surface area contributed by atoms with E-state index in [4.69, 9.17) is 9.47 Å². The van der Waals surface area contributed by atoms with Crippen molar-refractivity contribution in [2.75, 3.05) is 0 Å². The van der Waals surface area contributed by atoms with Gasteiger partial charge < -0.3 is 14.6 Å². The van der Waals surface area contributed by atoms with Gasteiger partial charge >= 0.3 is 5.97 Å². The van der Waals surface area contributed by atoms with Crippen molar-refractivity contribution in [3.05, 3.63) is 12.2 Å². The summed E-state index contributed by atoms with van der Waals surface area (Å²) < 4.78 is 11.4. The van der Waals surface area contributed by atoms with Crippen LogP contribution in [0.3, 0.4) is 0 Å². The first-order valence-corrected chi connectivity index (χ1v) is 7.16. The van der Waals surface area contributed by atoms with Crippen LogP contribution in [0.15, 0.2) is 12.2 Å². The third kappa shape index (κ3) is 1.29. The summed E-state index contributed by atoms with van der Waals surface area (Å²) in [4.78, 5) is 11.7. The molecule has 0 amide bonds. The average Bonchev–Trinajstić information content (AvgIpc) is 2.90. The second-order valence-corrected chi connectivity index (χ2v) is 7.02. The minimum atomic E-state index is -0.696. The summed E-state index contributed by atoms with van der Waals surface area (Å²) in [6, 6.07) is 0. The topological polar surface area (TPSA) is 59.1 Å². The summed E-state index contributed by atoms with van der Waals surface area (Å²) in [7, 11) is 0. The van der Waals surface area contributed by atoms with Gasteiger partial charge in [0, 0.05) is 23.8 Å². The molecule has 0 radical (unpaired) electrons. The molecule has 7 atom stereocenters. The molecule has 1 unspecified atom stereocenters. The number of ether oxygens (including phenoxy) is 2. The number of carbonyl (C=O) groups excluding carboxylic acids is 1. The lowest BCUT2D eigenvalue weighted by Gasteiger charge is -2.33. The minimum Gasteiger partial charge on any atom is -0.458 e. The zero-order valence-electron chi connectivity index (χ0n) is 11.4. The molecule has 4 heteroatoms. The quantitative estimate of drug-likeness (QED) is 0.408. The predicted octanol–water partition coefficient (Wildman–Crippen LogP) is 1.42. The molecule has 1 spiro atoms. The molecule has 4 nitrogen and oxygen atoms in total. The van der Waals surface area contributed by atoms with Gasteiger partial charge in [-0.1, -0.05) is 13.5 Å². The Balaban J connectivity index is 1.74. The van der Waals surface area contributed by atoms with Crippen molar-refractivity contribution >= 4 is 5.97 Å². The molecule has 104 valence electrons. The van der Waals surface area contributed by atoms with Crippen molar-refractivity contribution in [2.24, 2.45) is 17.8 Å². The van der Waals surface area contributed by atoms with Crippen LogP contribution >= 0.6 is 0 Å². The Kier molecular flexibility index (Phi) is 2.03. The van der Waals surface area contributed by atoms with E-state index >= 15 is 0 Å². The van der Waals surface area contributed by atoms with E-state index in [1.54, 1.807) is 0 Å². The van der Waals surface area contributed by atoms with Crippen LogP contribution in [0.25, 0.3) is 0 Å². The van der Waals surface area contributed by atoms with Crippen LogP contribution in [0.1, 0.15) is 33.1 Å². The number of rotatable bonds is 0. The van der Waals surface area contributed by atoms with Gasteiger partial charge in [0.1, 0.15) is 11.7 Å². The van der Waals surface area contributed by atoms with Crippen LogP contribution in [0.4, 0.5) is 0 Å². The molecular formula is C15H20O4. The molecule has 4 aliphatic rings. The van der Waals surface area contributed by atoms with Crippen LogP contribution < -0.4 is 0 Å². The number of aliphatic hydroxyl groups is 1. The molecule has 2 aliphatic carbocycles. The Morgan fingerprint density at radius 3 is 2.89 bits per heavy atom. The lowest BCUT2D eigenvalue weighted by Crippen LogP contribution is -2.41. The molecule has 1 N–H and O–H groups in total. The minimum absolute atomic E-state index is 0.0498. The van der Waals surface area contributed by atoms with E-state index in [0.717, 1.165) is 12.8 Å². The zero-order valence-corrected chi connectivity index (χ0v) is 11.4. The number of esters is 1. The lowest BCUT2D eigenvalue weighted by molar-refractivity contribution is -0.139. The maximum atomic E-state index is 11.7. The maximum absolute atomic E-state index is 11.7. The van der Waals surface area contributed by atoms with Crippen molar-refractivity contribution in [3.63, 3.8) is 0 Å². The first-order chi connectivity index (χ1) is 8.86. The fraction of sp³-hybridized carbons (Fsp3) is 0.800. The summed E-state index contributed by atoms with van der Waals surface area (Å²) >= 11 is 0. The van der Waals surface area contributed by atoms with Crippen molar-refractivity contribution in [3.8, 4) is 0 Å². The molecule has 19 heavy (non-hydrogen) atoms. The van der Waals surface area contributed by atoms with Crippen LogP contribution in [0.5, 0.6) is 0 Å². The lowest BCUT2D eigenvalue weighted by atomic mass is 9.76. The van der Waals surface area contributed by atoms with E-state index < -0.39 is 5.60 Å². The van der Waals surface area contributed by atoms with E-state index in [9.17, 15) is 9.90 Å². The summed E-state index contributed by atoms with van der Waals surface area (Å²) in [6.07, 6.45) is 2.39. The van der Waals surface area contributed by atoms with E-state index in [1.807, 2.05) is 6.92 Å². The summed E-state index contributed by atoms with van der Waals surface area (Å²) in [5.74, 6) is 0.184. The standard InChI is InChI=1S/C15H20O4/c1-7-4-10-9(8(2)13(16)18-10)5-11-14(3,17)6-12-15(7,11)19-12/h7,9-12,17H,2,4-6H2,1,3H3/t7-,9+,10+,11?,12-,14-,15+/m0/s1. The summed E-state index contributed by atoms with van der Waals surface area (Å²) in [6.45, 7) is 7.95. The monoisotopic (exact) mass is 264 g/mol. The first kappa shape index (κ1) is 11.9. The highest BCUT2D eigenvalue weighted by molar-refractivity contribution is 5.90. The molecule has 0 aromatic heterocycles. The van der Waals surface area contributed by atoms with Gasteiger partial charge in [0.2, 0.25) is 0 Å². The van der Waals surface area contributed by atoms with Gasteiger partial charge in [-0.05, 0) is 25.7 Å². The summed E-state index contributed by atoms with van der Waals surface area (Å²) in [5, 5.41) is 10.7. The van der Waals surface area contributed by atoms with Crippen molar-refractivity contribution in [2.45, 2.75) is 56.5 Å². The molecule has 2 aliphatic heterocycles. The Morgan fingerprint density at radius 1 is 1.42 bits per heavy atom. The van der Waals surface area contributed by atoms with Gasteiger partial charge in [0.05, 0.1) is 11.7 Å². The molecular weight excluding hydrogens is 244 g/mol. The molecule has 0 aromatic rings. The highest BCUT2D eigenvalue weighted by atomic mass is 16.6. The molecule has 4 rings (SSSR count). The number of fused-ring (bicyclic) bond motifs is 1. The highest BCUT2D eigenvalue weighted by Gasteiger charge is 2.75. The maximum Gasteiger partial charge on any atom is 0.334 e. The van der Waals surface area contributed by atoms with Crippen molar-refractivity contribution < 1.29 is 19.4 Å². The first-order valence-electron chi connectivity index (χ1n) is 7.16. The molecule has 2 saturated carbocycles. The number of epoxide rings is 1. The Labute approximate surface area is 112 Å². The van der Waals surface area contributed by atoms with Gasteiger partial charge in [-0.15, -0.1) is 0 Å². The van der Waals surface area contributed by atoms with Gasteiger partial charge in [-0.2, -0.15) is 0 Å². The van der Waals surface area contributed by atoms with Crippen molar-refractivity contribution in [1.29, 1.82) is 0 Å². The van der Waals surface area contributed by atoms with Crippen LogP contribution in [0.2, 0.25) is 0 Å². The van der Waals surface area contributed by atoms with Gasteiger partial charge in [-0.25, -0.2) is 4.79 Å². The third-order valence-electron chi connectivity index (χ3n) is 5.95. The van der Waals surface area contributed by atoms with E-state index in [-0.39, 0.29) is 35.6 Å². The smallest absolute Gasteiger partial charge is 0.334 e. The molecule has 2 heterocycles. The number of hydrogen-bond donors (Lipinski definition) is 1. The van der Waals surface area contributed by atoms with E-state index in [1.165, 1.54) is 0 Å². The van der Waals surface area contributed by atoms with E-state index in [0.29, 0.717) is 17.9 Å². The number of carbonyl (C=O) groups is 1. The predicted molar refractivity (Wildman–Crippen MR) is 67.2 cm³/mol. The number of hydrogen-bond acceptors (Lipinski definition) is 4. The van der Waals surface area contributed by atoms with Crippen molar-refractivity contribution in [1.82, 2.24) is 0 Å². The molecule has 2 saturated heterocycles. The third-order valence-corrected chi connectivity index (χ3v) is 5.95. The van der Waals surface area contributed by atoms with E-state index in [2.05, 4.69) is 13.5 Å². The van der Waals surface area contributed by atoms with Gasteiger partial charge in [0.15, 0.2) is 0 Å². The zero-order chi connectivity index (χ0) is 13.6. The summed E-state index contributed by atoms with van der Waals surface area (Å²) in [5.41, 5.74) is -0.299. The Hall–Kier alpha value is -0.870. The van der Waals surface area contributed by atoms with Crippen LogP contribution in [-0.2, 0) is 14.3 Å². The second kappa shape index (κ2) is 3.23. The van der Waals surface area contributed by atoms with Crippen LogP contribution in [-0.4, -0.2) is 34.5 Å². The molecule has 4 fully saturated rings. The molecule has 0 aromatic carbocycles. The molecule has 0 bridgehead atoms.